The minimum absolute atomic E-state index is 0.165. The Morgan fingerprint density at radius 2 is 0.785 bits per heavy atom. The Morgan fingerprint density at radius 3 is 1.23 bits per heavy atom. The molecule has 0 amide bonds. The molecule has 6 aromatic carbocycles. The first-order valence-electron chi connectivity index (χ1n) is 20.6. The van der Waals surface area contributed by atoms with Crippen LogP contribution in [0.4, 0.5) is 17.6 Å². The third-order valence-corrected chi connectivity index (χ3v) is 11.7. The lowest BCUT2D eigenvalue weighted by atomic mass is 10.1. The van der Waals surface area contributed by atoms with E-state index in [0.29, 0.717) is 72.7 Å². The Kier molecular flexibility index (Phi) is 8.83. The van der Waals surface area contributed by atoms with Gasteiger partial charge in [-0.1, -0.05) is 48.5 Å². The van der Waals surface area contributed by atoms with Gasteiger partial charge in [0.05, 0.1) is 33.1 Å². The summed E-state index contributed by atoms with van der Waals surface area (Å²) in [5.41, 5.74) is 3.52. The second kappa shape index (κ2) is 15.1. The molecule has 0 fully saturated rings. The lowest BCUT2D eigenvalue weighted by molar-refractivity contribution is 0.152. The van der Waals surface area contributed by atoms with Crippen LogP contribution in [0.15, 0.2) is 176 Å². The van der Waals surface area contributed by atoms with E-state index in [0.717, 1.165) is 21.8 Å². The lowest BCUT2D eigenvalue weighted by Gasteiger charge is -2.12. The Balaban J connectivity index is 0.990. The number of halogens is 4. The van der Waals surface area contributed by atoms with Crippen molar-refractivity contribution in [3.63, 3.8) is 0 Å². The van der Waals surface area contributed by atoms with E-state index in [1.807, 2.05) is 111 Å². The van der Waals surface area contributed by atoms with Gasteiger partial charge in [0, 0.05) is 92.5 Å². The minimum Gasteiger partial charge on any atom is -0.457 e. The molecule has 0 aliphatic carbocycles. The molecule has 12 rings (SSSR count). The normalized spacial score (nSPS) is 12.0. The van der Waals surface area contributed by atoms with Gasteiger partial charge in [0.1, 0.15) is 34.6 Å². The maximum absolute atomic E-state index is 15.0. The number of nitrogens with zero attached hydrogens (tertiary/aromatic N) is 7. The SMILES string of the molecule is FC(F)c1cc(Oc2ccc3c4ccc(Oc5cc(C(F)F)c6c7ccccc7n(-c7ccccn7)c6c5)cc4n(-c4ncccn4)c3c2)cc2c1c1ccccc1n2-c1ccccn1. The van der Waals surface area contributed by atoms with Crippen LogP contribution in [0.2, 0.25) is 0 Å². The fourth-order valence-corrected chi connectivity index (χ4v) is 9.13. The fourth-order valence-electron chi connectivity index (χ4n) is 9.13. The summed E-state index contributed by atoms with van der Waals surface area (Å²) >= 11 is 0. The molecule has 65 heavy (non-hydrogen) atoms. The Labute approximate surface area is 366 Å². The Morgan fingerprint density at radius 1 is 0.354 bits per heavy atom. The molecule has 0 aliphatic heterocycles. The third-order valence-electron chi connectivity index (χ3n) is 11.7. The number of aromatic nitrogens is 7. The van der Waals surface area contributed by atoms with E-state index in [1.165, 1.54) is 12.1 Å². The van der Waals surface area contributed by atoms with Gasteiger partial charge in [-0.15, -0.1) is 0 Å². The summed E-state index contributed by atoms with van der Waals surface area (Å²) in [5.74, 6) is 2.69. The number of hydrogen-bond donors (Lipinski definition) is 0. The first-order chi connectivity index (χ1) is 31.9. The molecule has 6 aromatic heterocycles. The van der Waals surface area contributed by atoms with E-state index in [1.54, 1.807) is 67.3 Å². The van der Waals surface area contributed by atoms with E-state index in [4.69, 9.17) is 9.47 Å². The molecule has 0 unspecified atom stereocenters. The van der Waals surface area contributed by atoms with Crippen molar-refractivity contribution in [2.24, 2.45) is 0 Å². The van der Waals surface area contributed by atoms with Crippen LogP contribution in [0.25, 0.3) is 83.0 Å². The monoisotopic (exact) mass is 861 g/mol. The van der Waals surface area contributed by atoms with Gasteiger partial charge in [-0.2, -0.15) is 0 Å². The molecule has 0 saturated carbocycles. The Bertz CT molecular complexity index is 3570. The molecule has 0 bridgehead atoms. The number of ether oxygens (including phenoxy) is 2. The fraction of sp³-hybridized carbons (Fsp3) is 0.0385. The van der Waals surface area contributed by atoms with Crippen molar-refractivity contribution in [3.8, 4) is 40.6 Å². The lowest BCUT2D eigenvalue weighted by Crippen LogP contribution is -2.00. The summed E-state index contributed by atoms with van der Waals surface area (Å²) in [6.07, 6.45) is 0.994. The topological polar surface area (TPSA) is 84.8 Å². The smallest absolute Gasteiger partial charge is 0.264 e. The first kappa shape index (κ1) is 38.1. The molecule has 12 aromatic rings. The van der Waals surface area contributed by atoms with E-state index >= 15 is 17.6 Å². The molecular weight excluding hydrogens is 831 g/mol. The molecule has 6 heterocycles. The molecule has 0 spiro atoms. The number of alkyl halides is 4. The van der Waals surface area contributed by atoms with Gasteiger partial charge in [0.15, 0.2) is 0 Å². The molecule has 0 aliphatic rings. The van der Waals surface area contributed by atoms with Crippen molar-refractivity contribution < 1.29 is 27.0 Å². The van der Waals surface area contributed by atoms with Crippen LogP contribution >= 0.6 is 0 Å². The van der Waals surface area contributed by atoms with E-state index in [2.05, 4.69) is 19.9 Å². The second-order valence-corrected chi connectivity index (χ2v) is 15.4. The van der Waals surface area contributed by atoms with Crippen LogP contribution < -0.4 is 9.47 Å². The number of pyridine rings is 2. The summed E-state index contributed by atoms with van der Waals surface area (Å²) < 4.78 is 78.6. The molecule has 9 nitrogen and oxygen atoms in total. The quantitative estimate of drug-likeness (QED) is 0.134. The molecular formula is C52H31F4N7O2. The maximum Gasteiger partial charge on any atom is 0.264 e. The van der Waals surface area contributed by atoms with Crippen LogP contribution in [-0.4, -0.2) is 33.6 Å². The van der Waals surface area contributed by atoms with Gasteiger partial charge in [0.25, 0.3) is 12.9 Å². The first-order valence-corrected chi connectivity index (χ1v) is 20.6. The summed E-state index contributed by atoms with van der Waals surface area (Å²) in [5, 5.41) is 3.84. The average Bonchev–Trinajstić information content (AvgIpc) is 3.96. The molecule has 0 saturated heterocycles. The zero-order valence-corrected chi connectivity index (χ0v) is 33.9. The number of benzene rings is 6. The van der Waals surface area contributed by atoms with Crippen LogP contribution in [0.5, 0.6) is 23.0 Å². The molecule has 13 heteroatoms. The highest BCUT2D eigenvalue weighted by atomic mass is 19.3. The van der Waals surface area contributed by atoms with Gasteiger partial charge in [-0.3, -0.25) is 13.7 Å². The van der Waals surface area contributed by atoms with Crippen molar-refractivity contribution >= 4 is 65.4 Å². The third kappa shape index (κ3) is 6.22. The maximum atomic E-state index is 15.0. The van der Waals surface area contributed by atoms with E-state index in [9.17, 15) is 0 Å². The van der Waals surface area contributed by atoms with Gasteiger partial charge in [0.2, 0.25) is 5.95 Å². The van der Waals surface area contributed by atoms with Crippen molar-refractivity contribution in [2.75, 3.05) is 0 Å². The molecule has 314 valence electrons. The van der Waals surface area contributed by atoms with Crippen LogP contribution in [-0.2, 0) is 0 Å². The van der Waals surface area contributed by atoms with E-state index in [-0.39, 0.29) is 22.6 Å². The summed E-state index contributed by atoms with van der Waals surface area (Å²) in [6, 6.07) is 44.8. The average molecular weight is 862 g/mol. The number of para-hydroxylation sites is 2. The van der Waals surface area contributed by atoms with Crippen LogP contribution in [0, 0.1) is 0 Å². The van der Waals surface area contributed by atoms with Gasteiger partial charge >= 0.3 is 0 Å². The molecule has 0 radical (unpaired) electrons. The molecule has 0 N–H and O–H groups in total. The zero-order chi connectivity index (χ0) is 43.8. The number of fused-ring (bicyclic) bond motifs is 9. The van der Waals surface area contributed by atoms with Crippen molar-refractivity contribution in [1.29, 1.82) is 0 Å². The van der Waals surface area contributed by atoms with Crippen LogP contribution in [0.3, 0.4) is 0 Å². The second-order valence-electron chi connectivity index (χ2n) is 15.4. The van der Waals surface area contributed by atoms with Crippen molar-refractivity contribution in [1.82, 2.24) is 33.6 Å². The van der Waals surface area contributed by atoms with Gasteiger partial charge < -0.3 is 9.47 Å². The number of hydrogen-bond acceptors (Lipinski definition) is 6. The summed E-state index contributed by atoms with van der Waals surface area (Å²) in [6.45, 7) is 0. The van der Waals surface area contributed by atoms with Gasteiger partial charge in [-0.05, 0) is 78.9 Å². The highest BCUT2D eigenvalue weighted by Gasteiger charge is 2.25. The van der Waals surface area contributed by atoms with Gasteiger partial charge in [-0.25, -0.2) is 37.5 Å². The zero-order valence-electron chi connectivity index (χ0n) is 33.9. The summed E-state index contributed by atoms with van der Waals surface area (Å²) in [7, 11) is 0. The highest BCUT2D eigenvalue weighted by Crippen LogP contribution is 2.44. The van der Waals surface area contributed by atoms with Crippen molar-refractivity contribution in [2.45, 2.75) is 12.9 Å². The van der Waals surface area contributed by atoms with Crippen molar-refractivity contribution in [3.05, 3.63) is 188 Å². The highest BCUT2D eigenvalue weighted by molar-refractivity contribution is 6.13. The molecule has 0 atom stereocenters. The van der Waals surface area contributed by atoms with Crippen LogP contribution in [0.1, 0.15) is 24.0 Å². The number of rotatable bonds is 9. The standard InChI is InChI=1S/C52H31F4N7O2/c53-50(54)38-24-32(28-44-48(38)36-10-1-3-12-40(36)61(44)46-14-5-7-20-57-46)64-30-16-18-34-35-19-17-31(27-43(35)63(42(34)26-30)52-59-22-9-23-60-52)65-33-25-39(51(55)56)49-37-11-2-4-13-41(37)62(45(49)29-33)47-15-6-8-21-58-47/h1-29,50-51H. The Hall–Kier alpha value is -8.58. The summed E-state index contributed by atoms with van der Waals surface area (Å²) in [4.78, 5) is 18.3. The predicted octanol–water partition coefficient (Wildman–Crippen LogP) is 14.0. The minimum atomic E-state index is -2.80. The van der Waals surface area contributed by atoms with E-state index < -0.39 is 12.9 Å². The predicted molar refractivity (Wildman–Crippen MR) is 244 cm³/mol. The largest absolute Gasteiger partial charge is 0.457 e.